The summed E-state index contributed by atoms with van der Waals surface area (Å²) in [6, 6.07) is 11.3. The van der Waals surface area contributed by atoms with E-state index in [0.717, 1.165) is 5.56 Å². The van der Waals surface area contributed by atoms with Gasteiger partial charge in [-0.1, -0.05) is 41.4 Å². The fourth-order valence-corrected chi connectivity index (χ4v) is 4.75. The molecule has 0 saturated carbocycles. The monoisotopic (exact) mass is 467 g/mol. The van der Waals surface area contributed by atoms with E-state index in [2.05, 4.69) is 25.8 Å². The summed E-state index contributed by atoms with van der Waals surface area (Å²) in [7, 11) is -3.79. The molecule has 3 aromatic rings. The zero-order valence-corrected chi connectivity index (χ0v) is 18.3. The van der Waals surface area contributed by atoms with Crippen LogP contribution in [0.3, 0.4) is 0 Å². The molecule has 3 rings (SSSR count). The summed E-state index contributed by atoms with van der Waals surface area (Å²) in [5, 5.41) is 4.90. The lowest BCUT2D eigenvalue weighted by atomic mass is 10.1. The molecule has 0 fully saturated rings. The molecule has 0 atom stereocenters. The SMILES string of the molecule is Cc1ccc(Cn2cc(Br)c(NS(=O)(=O)c3cc(C)c(Cl)cc3C)n2)cc1. The third-order valence-electron chi connectivity index (χ3n) is 4.16. The van der Waals surface area contributed by atoms with Crippen LogP contribution >= 0.6 is 27.5 Å². The maximum absolute atomic E-state index is 12.8. The molecular formula is C19H19BrClN3O2S. The van der Waals surface area contributed by atoms with E-state index in [1.165, 1.54) is 5.56 Å². The van der Waals surface area contributed by atoms with Crippen molar-refractivity contribution < 1.29 is 8.42 Å². The van der Waals surface area contributed by atoms with Gasteiger partial charge in [0.15, 0.2) is 5.82 Å². The number of nitrogens with one attached hydrogen (secondary N) is 1. The summed E-state index contributed by atoms with van der Waals surface area (Å²) >= 11 is 9.45. The third-order valence-corrected chi connectivity index (χ3v) is 6.63. The molecule has 0 aliphatic carbocycles. The van der Waals surface area contributed by atoms with Crippen molar-refractivity contribution in [3.8, 4) is 0 Å². The molecule has 0 amide bonds. The first-order chi connectivity index (χ1) is 12.7. The Labute approximate surface area is 172 Å². The average Bonchev–Trinajstić information content (AvgIpc) is 2.91. The molecular weight excluding hydrogens is 450 g/mol. The van der Waals surface area contributed by atoms with Gasteiger partial charge in [0.2, 0.25) is 0 Å². The maximum Gasteiger partial charge on any atom is 0.263 e. The van der Waals surface area contributed by atoms with Crippen molar-refractivity contribution in [1.29, 1.82) is 0 Å². The number of halogens is 2. The van der Waals surface area contributed by atoms with Crippen LogP contribution in [0.15, 0.2) is 52.0 Å². The van der Waals surface area contributed by atoms with E-state index >= 15 is 0 Å². The molecule has 27 heavy (non-hydrogen) atoms. The van der Waals surface area contributed by atoms with E-state index in [-0.39, 0.29) is 10.7 Å². The van der Waals surface area contributed by atoms with Gasteiger partial charge in [0, 0.05) is 11.2 Å². The topological polar surface area (TPSA) is 64.0 Å². The Morgan fingerprint density at radius 1 is 1.11 bits per heavy atom. The highest BCUT2D eigenvalue weighted by atomic mass is 79.9. The van der Waals surface area contributed by atoms with Gasteiger partial charge in [0.05, 0.1) is 15.9 Å². The predicted molar refractivity (Wildman–Crippen MR) is 112 cm³/mol. The summed E-state index contributed by atoms with van der Waals surface area (Å²) in [4.78, 5) is 0.185. The zero-order valence-electron chi connectivity index (χ0n) is 15.1. The van der Waals surface area contributed by atoms with Crippen LogP contribution in [0.4, 0.5) is 5.82 Å². The largest absolute Gasteiger partial charge is 0.265 e. The molecule has 1 heterocycles. The Morgan fingerprint density at radius 3 is 2.44 bits per heavy atom. The average molecular weight is 469 g/mol. The minimum atomic E-state index is -3.79. The number of nitrogens with zero attached hydrogens (tertiary/aromatic N) is 2. The lowest BCUT2D eigenvalue weighted by Gasteiger charge is -2.11. The summed E-state index contributed by atoms with van der Waals surface area (Å²) < 4.78 is 30.5. The number of aromatic nitrogens is 2. The number of aryl methyl sites for hydroxylation is 3. The van der Waals surface area contributed by atoms with Gasteiger partial charge in [-0.2, -0.15) is 5.10 Å². The summed E-state index contributed by atoms with van der Waals surface area (Å²) in [5.74, 6) is 0.245. The smallest absolute Gasteiger partial charge is 0.263 e. The van der Waals surface area contributed by atoms with Crippen molar-refractivity contribution in [3.63, 3.8) is 0 Å². The Balaban J connectivity index is 1.86. The van der Waals surface area contributed by atoms with Gasteiger partial charge in [-0.3, -0.25) is 9.40 Å². The van der Waals surface area contributed by atoms with Gasteiger partial charge in [-0.25, -0.2) is 8.42 Å². The van der Waals surface area contributed by atoms with E-state index in [4.69, 9.17) is 11.6 Å². The second-order valence-corrected chi connectivity index (χ2v) is 9.39. The fraction of sp³-hybridized carbons (Fsp3) is 0.211. The highest BCUT2D eigenvalue weighted by molar-refractivity contribution is 9.10. The first-order valence-electron chi connectivity index (χ1n) is 8.24. The molecule has 2 aromatic carbocycles. The molecule has 0 saturated heterocycles. The summed E-state index contributed by atoms with van der Waals surface area (Å²) in [6.07, 6.45) is 1.75. The van der Waals surface area contributed by atoms with Crippen molar-refractivity contribution in [2.75, 3.05) is 4.72 Å². The van der Waals surface area contributed by atoms with Gasteiger partial charge >= 0.3 is 0 Å². The van der Waals surface area contributed by atoms with Crippen LogP contribution in [-0.4, -0.2) is 18.2 Å². The Morgan fingerprint density at radius 2 is 1.78 bits per heavy atom. The number of sulfonamides is 1. The van der Waals surface area contributed by atoms with Gasteiger partial charge in [0.25, 0.3) is 10.0 Å². The highest BCUT2D eigenvalue weighted by Gasteiger charge is 2.21. The fourth-order valence-electron chi connectivity index (χ4n) is 2.65. The van der Waals surface area contributed by atoms with Crippen LogP contribution in [0.1, 0.15) is 22.3 Å². The van der Waals surface area contributed by atoms with Gasteiger partial charge < -0.3 is 0 Å². The normalized spacial score (nSPS) is 11.6. The molecule has 5 nitrogen and oxygen atoms in total. The van der Waals surface area contributed by atoms with Crippen molar-refractivity contribution in [1.82, 2.24) is 9.78 Å². The van der Waals surface area contributed by atoms with Crippen LogP contribution in [0, 0.1) is 20.8 Å². The lowest BCUT2D eigenvalue weighted by molar-refractivity contribution is 0.600. The second kappa shape index (κ2) is 7.66. The minimum absolute atomic E-state index is 0.185. The number of rotatable bonds is 5. The molecule has 0 aliphatic rings. The third kappa shape index (κ3) is 4.54. The van der Waals surface area contributed by atoms with Gasteiger partial charge in [-0.05, 0) is 65.5 Å². The zero-order chi connectivity index (χ0) is 19.8. The van der Waals surface area contributed by atoms with Crippen molar-refractivity contribution in [3.05, 3.63) is 74.3 Å². The Bertz CT molecular complexity index is 1090. The quantitative estimate of drug-likeness (QED) is 0.568. The molecule has 0 radical (unpaired) electrons. The van der Waals surface area contributed by atoms with E-state index < -0.39 is 10.0 Å². The van der Waals surface area contributed by atoms with E-state index in [0.29, 0.717) is 27.2 Å². The molecule has 0 unspecified atom stereocenters. The molecule has 1 aromatic heterocycles. The summed E-state index contributed by atoms with van der Waals surface area (Å²) in [5.41, 5.74) is 3.54. The number of hydrogen-bond acceptors (Lipinski definition) is 3. The molecule has 8 heteroatoms. The number of hydrogen-bond donors (Lipinski definition) is 1. The maximum atomic E-state index is 12.8. The van der Waals surface area contributed by atoms with Crippen molar-refractivity contribution >= 4 is 43.4 Å². The summed E-state index contributed by atoms with van der Waals surface area (Å²) in [6.45, 7) is 6.05. The van der Waals surface area contributed by atoms with Crippen LogP contribution in [-0.2, 0) is 16.6 Å². The standard InChI is InChI=1S/C19H19BrClN3O2S/c1-12-4-6-15(7-5-12)10-24-11-16(20)19(22-24)23-27(25,26)18-9-13(2)17(21)8-14(18)3/h4-9,11H,10H2,1-3H3,(H,22,23). The van der Waals surface area contributed by atoms with E-state index in [9.17, 15) is 8.42 Å². The first-order valence-corrected chi connectivity index (χ1v) is 10.9. The van der Waals surface area contributed by atoms with Gasteiger partial charge in [0.1, 0.15) is 0 Å². The number of benzene rings is 2. The highest BCUT2D eigenvalue weighted by Crippen LogP contribution is 2.28. The first kappa shape index (κ1) is 19.9. The molecule has 0 spiro atoms. The lowest BCUT2D eigenvalue weighted by Crippen LogP contribution is -2.15. The molecule has 0 aliphatic heterocycles. The van der Waals surface area contributed by atoms with Crippen LogP contribution < -0.4 is 4.72 Å². The van der Waals surface area contributed by atoms with Crippen LogP contribution in [0.5, 0.6) is 0 Å². The minimum Gasteiger partial charge on any atom is -0.265 e. The molecule has 0 bridgehead atoms. The second-order valence-electron chi connectivity index (χ2n) is 6.48. The predicted octanol–water partition coefficient (Wildman–Crippen LogP) is 5.07. The van der Waals surface area contributed by atoms with E-state index in [1.807, 2.05) is 31.2 Å². The van der Waals surface area contributed by atoms with Crippen LogP contribution in [0.25, 0.3) is 0 Å². The Kier molecular flexibility index (Phi) is 5.65. The van der Waals surface area contributed by atoms with E-state index in [1.54, 1.807) is 36.9 Å². The molecule has 1 N–H and O–H groups in total. The van der Waals surface area contributed by atoms with Gasteiger partial charge in [-0.15, -0.1) is 0 Å². The van der Waals surface area contributed by atoms with Crippen molar-refractivity contribution in [2.24, 2.45) is 0 Å². The number of anilines is 1. The van der Waals surface area contributed by atoms with Crippen LogP contribution in [0.2, 0.25) is 5.02 Å². The van der Waals surface area contributed by atoms with Crippen molar-refractivity contribution in [2.45, 2.75) is 32.2 Å². The molecule has 142 valence electrons. The Hall–Kier alpha value is -1.83.